The first-order chi connectivity index (χ1) is 11.5. The number of rotatable bonds is 6. The van der Waals surface area contributed by atoms with E-state index in [0.29, 0.717) is 18.8 Å². The Bertz CT molecular complexity index is 725. The molecule has 5 heteroatoms. The first kappa shape index (κ1) is 17.8. The lowest BCUT2D eigenvalue weighted by atomic mass is 10.1. The standard InChI is InChI=1S/C19H25N3O2/c1-4-15(3)22(13-16-9-7-6-8-10-16)19(24)20-17-11-12-18(23)21(5-2)14-17/h6-12,14-15H,4-5,13H2,1-3H3,(H,20,24). The van der Waals surface area contributed by atoms with E-state index in [0.717, 1.165) is 12.0 Å². The molecule has 1 aromatic heterocycles. The van der Waals surface area contributed by atoms with Gasteiger partial charge in [-0.15, -0.1) is 0 Å². The third-order valence-electron chi connectivity index (χ3n) is 4.15. The smallest absolute Gasteiger partial charge is 0.318 e. The highest BCUT2D eigenvalue weighted by Crippen LogP contribution is 2.13. The molecule has 1 N–H and O–H groups in total. The highest BCUT2D eigenvalue weighted by Gasteiger charge is 2.19. The highest BCUT2D eigenvalue weighted by molar-refractivity contribution is 5.89. The molecule has 1 unspecified atom stereocenters. The average molecular weight is 327 g/mol. The van der Waals surface area contributed by atoms with E-state index in [1.54, 1.807) is 16.8 Å². The van der Waals surface area contributed by atoms with Crippen molar-refractivity contribution in [3.8, 4) is 0 Å². The summed E-state index contributed by atoms with van der Waals surface area (Å²) in [5.74, 6) is 0. The minimum atomic E-state index is -0.158. The molecule has 1 atom stereocenters. The number of aromatic nitrogens is 1. The van der Waals surface area contributed by atoms with Crippen molar-refractivity contribution in [1.29, 1.82) is 0 Å². The van der Waals surface area contributed by atoms with Crippen molar-refractivity contribution in [2.75, 3.05) is 5.32 Å². The molecule has 2 rings (SSSR count). The van der Waals surface area contributed by atoms with Crippen molar-refractivity contribution >= 4 is 11.7 Å². The van der Waals surface area contributed by atoms with Gasteiger partial charge < -0.3 is 14.8 Å². The maximum atomic E-state index is 12.7. The number of nitrogens with one attached hydrogen (secondary N) is 1. The van der Waals surface area contributed by atoms with Crippen LogP contribution in [0.3, 0.4) is 0 Å². The zero-order valence-corrected chi connectivity index (χ0v) is 14.5. The maximum absolute atomic E-state index is 12.7. The van der Waals surface area contributed by atoms with E-state index in [4.69, 9.17) is 0 Å². The molecule has 0 spiro atoms. The number of aryl methyl sites for hydroxylation is 1. The largest absolute Gasteiger partial charge is 0.322 e. The second-order valence-electron chi connectivity index (χ2n) is 5.84. The SMILES string of the molecule is CCC(C)N(Cc1ccccc1)C(=O)Nc1ccc(=O)n(CC)c1. The Balaban J connectivity index is 2.17. The summed E-state index contributed by atoms with van der Waals surface area (Å²) in [7, 11) is 0. The van der Waals surface area contributed by atoms with Gasteiger partial charge in [0.05, 0.1) is 5.69 Å². The van der Waals surface area contributed by atoms with E-state index in [2.05, 4.69) is 12.2 Å². The Hall–Kier alpha value is -2.56. The number of hydrogen-bond donors (Lipinski definition) is 1. The van der Waals surface area contributed by atoms with E-state index >= 15 is 0 Å². The number of hydrogen-bond acceptors (Lipinski definition) is 2. The number of anilines is 1. The summed E-state index contributed by atoms with van der Waals surface area (Å²) in [5, 5.41) is 2.91. The summed E-state index contributed by atoms with van der Waals surface area (Å²) in [6, 6.07) is 13.0. The summed E-state index contributed by atoms with van der Waals surface area (Å²) in [5.41, 5.74) is 1.65. The van der Waals surface area contributed by atoms with Crippen molar-refractivity contribution in [2.24, 2.45) is 0 Å². The third kappa shape index (κ3) is 4.47. The molecule has 1 aromatic carbocycles. The Morgan fingerprint density at radius 2 is 1.88 bits per heavy atom. The topological polar surface area (TPSA) is 54.3 Å². The number of amides is 2. The molecule has 2 aromatic rings. The Labute approximate surface area is 142 Å². The van der Waals surface area contributed by atoms with E-state index in [9.17, 15) is 9.59 Å². The summed E-state index contributed by atoms with van der Waals surface area (Å²) >= 11 is 0. The fraction of sp³-hybridized carbons (Fsp3) is 0.368. The second-order valence-corrected chi connectivity index (χ2v) is 5.84. The van der Waals surface area contributed by atoms with Gasteiger partial charge in [-0.2, -0.15) is 0 Å². The lowest BCUT2D eigenvalue weighted by Crippen LogP contribution is -2.40. The van der Waals surface area contributed by atoms with Gasteiger partial charge in [0.15, 0.2) is 0 Å². The molecule has 2 amide bonds. The molecule has 0 saturated heterocycles. The van der Waals surface area contributed by atoms with E-state index in [1.807, 2.05) is 49.1 Å². The van der Waals surface area contributed by atoms with Gasteiger partial charge in [0.2, 0.25) is 0 Å². The van der Waals surface area contributed by atoms with Gasteiger partial charge in [0.25, 0.3) is 5.56 Å². The van der Waals surface area contributed by atoms with Crippen molar-refractivity contribution in [3.05, 3.63) is 64.6 Å². The van der Waals surface area contributed by atoms with Crippen LogP contribution in [0.15, 0.2) is 53.5 Å². The van der Waals surface area contributed by atoms with Crippen LogP contribution in [0.2, 0.25) is 0 Å². The molecule has 0 aliphatic heterocycles. The predicted octanol–water partition coefficient (Wildman–Crippen LogP) is 3.70. The van der Waals surface area contributed by atoms with Gasteiger partial charge in [0.1, 0.15) is 0 Å². The highest BCUT2D eigenvalue weighted by atomic mass is 16.2. The Morgan fingerprint density at radius 1 is 1.17 bits per heavy atom. The maximum Gasteiger partial charge on any atom is 0.322 e. The monoisotopic (exact) mass is 327 g/mol. The first-order valence-corrected chi connectivity index (χ1v) is 8.37. The van der Waals surface area contributed by atoms with E-state index in [1.165, 1.54) is 6.07 Å². The Kier molecular flexibility index (Phi) is 6.18. The quantitative estimate of drug-likeness (QED) is 0.879. The zero-order valence-electron chi connectivity index (χ0n) is 14.5. The van der Waals surface area contributed by atoms with Gasteiger partial charge in [-0.25, -0.2) is 4.79 Å². The molecule has 128 valence electrons. The van der Waals surface area contributed by atoms with Crippen LogP contribution in [-0.2, 0) is 13.1 Å². The average Bonchev–Trinajstić information content (AvgIpc) is 2.61. The fourth-order valence-corrected chi connectivity index (χ4v) is 2.48. The number of carbonyl (C=O) groups excluding carboxylic acids is 1. The van der Waals surface area contributed by atoms with Crippen LogP contribution in [-0.4, -0.2) is 21.5 Å². The van der Waals surface area contributed by atoms with Crippen LogP contribution in [0.1, 0.15) is 32.8 Å². The summed E-state index contributed by atoms with van der Waals surface area (Å²) in [6.45, 7) is 7.12. The number of urea groups is 1. The number of carbonyl (C=O) groups is 1. The van der Waals surface area contributed by atoms with Crippen LogP contribution >= 0.6 is 0 Å². The second kappa shape index (κ2) is 8.34. The first-order valence-electron chi connectivity index (χ1n) is 8.37. The summed E-state index contributed by atoms with van der Waals surface area (Å²) in [6.07, 6.45) is 2.55. The van der Waals surface area contributed by atoms with E-state index in [-0.39, 0.29) is 17.6 Å². The van der Waals surface area contributed by atoms with Crippen LogP contribution in [0.5, 0.6) is 0 Å². The van der Waals surface area contributed by atoms with Crippen molar-refractivity contribution in [1.82, 2.24) is 9.47 Å². The number of pyridine rings is 1. The normalized spacial score (nSPS) is 11.8. The molecule has 0 radical (unpaired) electrons. The van der Waals surface area contributed by atoms with Gasteiger partial charge in [-0.1, -0.05) is 37.3 Å². The fourth-order valence-electron chi connectivity index (χ4n) is 2.48. The summed E-state index contributed by atoms with van der Waals surface area (Å²) < 4.78 is 1.57. The van der Waals surface area contributed by atoms with Crippen LogP contribution < -0.4 is 10.9 Å². The molecule has 5 nitrogen and oxygen atoms in total. The Morgan fingerprint density at radius 3 is 2.50 bits per heavy atom. The van der Waals surface area contributed by atoms with Crippen LogP contribution in [0.25, 0.3) is 0 Å². The van der Waals surface area contributed by atoms with Crippen molar-refractivity contribution in [3.63, 3.8) is 0 Å². The predicted molar refractivity (Wildman–Crippen MR) is 97.1 cm³/mol. The molecule has 0 bridgehead atoms. The zero-order chi connectivity index (χ0) is 17.5. The third-order valence-corrected chi connectivity index (χ3v) is 4.15. The molecular formula is C19H25N3O2. The van der Waals surface area contributed by atoms with Gasteiger partial charge in [0, 0.05) is 31.4 Å². The molecule has 0 aliphatic carbocycles. The number of nitrogens with zero attached hydrogens (tertiary/aromatic N) is 2. The molecule has 1 heterocycles. The number of benzene rings is 1. The van der Waals surface area contributed by atoms with Gasteiger partial charge in [-0.05, 0) is 31.9 Å². The van der Waals surface area contributed by atoms with Gasteiger partial charge >= 0.3 is 6.03 Å². The summed E-state index contributed by atoms with van der Waals surface area (Å²) in [4.78, 5) is 26.2. The lowest BCUT2D eigenvalue weighted by Gasteiger charge is -2.29. The van der Waals surface area contributed by atoms with E-state index < -0.39 is 0 Å². The minimum absolute atomic E-state index is 0.0708. The van der Waals surface area contributed by atoms with Crippen LogP contribution in [0, 0.1) is 0 Å². The molecular weight excluding hydrogens is 302 g/mol. The molecule has 24 heavy (non-hydrogen) atoms. The van der Waals surface area contributed by atoms with Crippen molar-refractivity contribution in [2.45, 2.75) is 46.3 Å². The lowest BCUT2D eigenvalue weighted by molar-refractivity contribution is 0.187. The molecule has 0 aliphatic rings. The molecule has 0 fully saturated rings. The minimum Gasteiger partial charge on any atom is -0.318 e. The van der Waals surface area contributed by atoms with Crippen LogP contribution in [0.4, 0.5) is 10.5 Å². The van der Waals surface area contributed by atoms with Crippen molar-refractivity contribution < 1.29 is 4.79 Å². The molecule has 0 saturated carbocycles. The van der Waals surface area contributed by atoms with Gasteiger partial charge in [-0.3, -0.25) is 4.79 Å².